The van der Waals surface area contributed by atoms with Gasteiger partial charge in [-0.25, -0.2) is 9.78 Å². The van der Waals surface area contributed by atoms with Crippen LogP contribution in [0.1, 0.15) is 16.3 Å². The normalized spacial score (nSPS) is 17.4. The zero-order valence-corrected chi connectivity index (χ0v) is 11.9. The van der Waals surface area contributed by atoms with Crippen molar-refractivity contribution >= 4 is 11.5 Å². The minimum atomic E-state index is -1.05. The van der Waals surface area contributed by atoms with E-state index in [-0.39, 0.29) is 11.4 Å². The summed E-state index contributed by atoms with van der Waals surface area (Å²) in [4.78, 5) is 20.0. The fourth-order valence-corrected chi connectivity index (χ4v) is 2.61. The second-order valence-electron chi connectivity index (χ2n) is 5.40. The molecule has 0 amide bonds. The van der Waals surface area contributed by atoms with E-state index in [0.29, 0.717) is 17.9 Å². The van der Waals surface area contributed by atoms with Gasteiger partial charge < -0.3 is 15.1 Å². The topological polar surface area (TPSA) is 81.3 Å². The van der Waals surface area contributed by atoms with Crippen molar-refractivity contribution in [3.8, 4) is 5.75 Å². The number of likely N-dealkylation sites (N-methyl/N-ethyl adjacent to an activating group) is 1. The summed E-state index contributed by atoms with van der Waals surface area (Å²) in [7, 11) is 2.09. The summed E-state index contributed by atoms with van der Waals surface area (Å²) in [6, 6.07) is 3.06. The van der Waals surface area contributed by atoms with Crippen LogP contribution in [0.25, 0.3) is 5.52 Å². The highest BCUT2D eigenvalue weighted by molar-refractivity contribution is 5.93. The van der Waals surface area contributed by atoms with Gasteiger partial charge in [0.1, 0.15) is 11.6 Å². The molecular formula is C14H18N4O3. The molecule has 1 aliphatic rings. The fraction of sp³-hybridized carbons (Fsp3) is 0.429. The number of aromatic hydroxyl groups is 1. The van der Waals surface area contributed by atoms with Gasteiger partial charge in [-0.15, -0.1) is 0 Å². The number of aromatic nitrogens is 2. The van der Waals surface area contributed by atoms with Crippen molar-refractivity contribution in [2.45, 2.75) is 6.54 Å². The number of piperazine rings is 1. The van der Waals surface area contributed by atoms with Gasteiger partial charge in [-0.2, -0.15) is 0 Å². The lowest BCUT2D eigenvalue weighted by Gasteiger charge is -2.31. The van der Waals surface area contributed by atoms with Gasteiger partial charge in [0.15, 0.2) is 5.69 Å². The molecule has 1 saturated heterocycles. The average molecular weight is 290 g/mol. The zero-order valence-electron chi connectivity index (χ0n) is 11.9. The largest absolute Gasteiger partial charge is 0.506 e. The van der Waals surface area contributed by atoms with Crippen molar-refractivity contribution in [2.24, 2.45) is 0 Å². The summed E-state index contributed by atoms with van der Waals surface area (Å²) in [5.41, 5.74) is 0.531. The van der Waals surface area contributed by atoms with Crippen LogP contribution in [-0.4, -0.2) is 68.6 Å². The molecule has 2 aromatic heterocycles. The van der Waals surface area contributed by atoms with E-state index in [1.807, 2.05) is 0 Å². The quantitative estimate of drug-likeness (QED) is 0.856. The Labute approximate surface area is 122 Å². The van der Waals surface area contributed by atoms with Gasteiger partial charge in [-0.3, -0.25) is 9.30 Å². The first-order chi connectivity index (χ1) is 10.0. The van der Waals surface area contributed by atoms with Crippen molar-refractivity contribution in [2.75, 3.05) is 33.2 Å². The summed E-state index contributed by atoms with van der Waals surface area (Å²) < 4.78 is 1.66. The molecule has 2 aromatic rings. The monoisotopic (exact) mass is 290 g/mol. The Hall–Kier alpha value is -2.12. The van der Waals surface area contributed by atoms with E-state index in [2.05, 4.69) is 21.8 Å². The van der Waals surface area contributed by atoms with E-state index >= 15 is 0 Å². The Bertz CT molecular complexity index is 674. The van der Waals surface area contributed by atoms with E-state index in [0.717, 1.165) is 26.2 Å². The standard InChI is InChI=1S/C14H18N4O3/c1-16-4-6-17(7-5-16)9-12-15-13(14(20)21)11-3-2-10(19)8-18(11)12/h2-3,8,19H,4-7,9H2,1H3,(H,20,21). The van der Waals surface area contributed by atoms with Gasteiger partial charge in [0.25, 0.3) is 0 Å². The van der Waals surface area contributed by atoms with E-state index in [4.69, 9.17) is 0 Å². The van der Waals surface area contributed by atoms with Gasteiger partial charge in [-0.1, -0.05) is 0 Å². The minimum Gasteiger partial charge on any atom is -0.506 e. The van der Waals surface area contributed by atoms with Crippen molar-refractivity contribution in [3.63, 3.8) is 0 Å². The van der Waals surface area contributed by atoms with Crippen LogP contribution in [0.3, 0.4) is 0 Å². The molecular weight excluding hydrogens is 272 g/mol. The van der Waals surface area contributed by atoms with E-state index in [1.54, 1.807) is 10.5 Å². The Morgan fingerprint density at radius 2 is 2.00 bits per heavy atom. The number of hydrogen-bond donors (Lipinski definition) is 2. The van der Waals surface area contributed by atoms with Gasteiger partial charge in [0.05, 0.1) is 18.3 Å². The van der Waals surface area contributed by atoms with Crippen molar-refractivity contribution < 1.29 is 15.0 Å². The lowest BCUT2D eigenvalue weighted by Crippen LogP contribution is -2.44. The first-order valence-electron chi connectivity index (χ1n) is 6.89. The third kappa shape index (κ3) is 2.70. The SMILES string of the molecule is CN1CCN(Cc2nc(C(=O)O)c3ccc(O)cn23)CC1. The molecule has 7 heteroatoms. The van der Waals surface area contributed by atoms with Crippen LogP contribution in [0, 0.1) is 0 Å². The first kappa shape index (κ1) is 13.8. The number of hydrogen-bond acceptors (Lipinski definition) is 5. The number of carboxylic acids is 1. The number of pyridine rings is 1. The third-order valence-corrected chi connectivity index (χ3v) is 3.86. The lowest BCUT2D eigenvalue weighted by molar-refractivity contribution is 0.0692. The predicted octanol–water partition coefficient (Wildman–Crippen LogP) is 0.486. The molecule has 112 valence electrons. The van der Waals surface area contributed by atoms with Crippen LogP contribution < -0.4 is 0 Å². The molecule has 1 aliphatic heterocycles. The van der Waals surface area contributed by atoms with E-state index in [9.17, 15) is 15.0 Å². The number of aromatic carboxylic acids is 1. The molecule has 7 nitrogen and oxygen atoms in total. The molecule has 0 atom stereocenters. The van der Waals surface area contributed by atoms with Crippen LogP contribution >= 0.6 is 0 Å². The molecule has 1 fully saturated rings. The first-order valence-corrected chi connectivity index (χ1v) is 6.89. The molecule has 2 N–H and O–H groups in total. The van der Waals surface area contributed by atoms with Crippen LogP contribution in [0.5, 0.6) is 5.75 Å². The number of carbonyl (C=O) groups is 1. The Morgan fingerprint density at radius 3 is 2.67 bits per heavy atom. The molecule has 0 unspecified atom stereocenters. The summed E-state index contributed by atoms with van der Waals surface area (Å²) in [6.07, 6.45) is 1.51. The maximum atomic E-state index is 11.3. The number of carboxylic acid groups (broad SMARTS) is 1. The van der Waals surface area contributed by atoms with Gasteiger partial charge in [0, 0.05) is 26.2 Å². The van der Waals surface area contributed by atoms with E-state index < -0.39 is 5.97 Å². The smallest absolute Gasteiger partial charge is 0.356 e. The average Bonchev–Trinajstić information content (AvgIpc) is 2.80. The molecule has 0 saturated carbocycles. The summed E-state index contributed by atoms with van der Waals surface area (Å²) in [5, 5.41) is 18.9. The van der Waals surface area contributed by atoms with Crippen LogP contribution in [0.15, 0.2) is 18.3 Å². The second-order valence-corrected chi connectivity index (χ2v) is 5.40. The van der Waals surface area contributed by atoms with Crippen molar-refractivity contribution in [1.29, 1.82) is 0 Å². The number of imidazole rings is 1. The maximum absolute atomic E-state index is 11.3. The Balaban J connectivity index is 1.94. The molecule has 0 aliphatic carbocycles. The second kappa shape index (κ2) is 5.34. The maximum Gasteiger partial charge on any atom is 0.356 e. The summed E-state index contributed by atoms with van der Waals surface area (Å²) >= 11 is 0. The molecule has 0 radical (unpaired) electrons. The van der Waals surface area contributed by atoms with Gasteiger partial charge in [0.2, 0.25) is 0 Å². The highest BCUT2D eigenvalue weighted by Crippen LogP contribution is 2.19. The molecule has 0 bridgehead atoms. The number of nitrogens with zero attached hydrogens (tertiary/aromatic N) is 4. The Kier molecular flexibility index (Phi) is 3.52. The molecule has 0 spiro atoms. The lowest BCUT2D eigenvalue weighted by atomic mass is 10.3. The van der Waals surface area contributed by atoms with Crippen molar-refractivity contribution in [1.82, 2.24) is 19.2 Å². The Morgan fingerprint density at radius 1 is 1.29 bits per heavy atom. The van der Waals surface area contributed by atoms with Crippen LogP contribution in [0.2, 0.25) is 0 Å². The molecule has 0 aromatic carbocycles. The van der Waals surface area contributed by atoms with Crippen LogP contribution in [0.4, 0.5) is 0 Å². The molecule has 3 rings (SSSR count). The van der Waals surface area contributed by atoms with Crippen molar-refractivity contribution in [3.05, 3.63) is 29.8 Å². The molecule has 3 heterocycles. The summed E-state index contributed by atoms with van der Waals surface area (Å²) in [5.74, 6) is -0.317. The molecule has 21 heavy (non-hydrogen) atoms. The zero-order chi connectivity index (χ0) is 15.0. The predicted molar refractivity (Wildman–Crippen MR) is 76.6 cm³/mol. The van der Waals surface area contributed by atoms with E-state index in [1.165, 1.54) is 12.3 Å². The van der Waals surface area contributed by atoms with Crippen LogP contribution in [-0.2, 0) is 6.54 Å². The van der Waals surface area contributed by atoms with Gasteiger partial charge in [-0.05, 0) is 19.2 Å². The van der Waals surface area contributed by atoms with Gasteiger partial charge >= 0.3 is 5.97 Å². The minimum absolute atomic E-state index is 0.0270. The number of fused-ring (bicyclic) bond motifs is 1. The summed E-state index contributed by atoms with van der Waals surface area (Å²) in [6.45, 7) is 4.39. The fourth-order valence-electron chi connectivity index (χ4n) is 2.61. The highest BCUT2D eigenvalue weighted by Gasteiger charge is 2.20. The third-order valence-electron chi connectivity index (χ3n) is 3.86. The highest BCUT2D eigenvalue weighted by atomic mass is 16.4. The number of rotatable bonds is 3.